The van der Waals surface area contributed by atoms with Crippen molar-refractivity contribution in [1.29, 1.82) is 0 Å². The van der Waals surface area contributed by atoms with E-state index in [0.29, 0.717) is 11.5 Å². The third-order valence-electron chi connectivity index (χ3n) is 3.51. The van der Waals surface area contributed by atoms with Crippen LogP contribution < -0.4 is 14.2 Å². The Morgan fingerprint density at radius 1 is 1.00 bits per heavy atom. The summed E-state index contributed by atoms with van der Waals surface area (Å²) < 4.78 is 37.5. The first kappa shape index (κ1) is 17.3. The summed E-state index contributed by atoms with van der Waals surface area (Å²) in [5.74, 6) is 1.20. The Morgan fingerprint density at radius 2 is 1.61 bits per heavy atom. The van der Waals surface area contributed by atoms with Crippen LogP contribution in [0, 0.1) is 6.92 Å². The number of aryl methyl sites for hydroxylation is 1. The predicted molar refractivity (Wildman–Crippen MR) is 90.2 cm³/mol. The summed E-state index contributed by atoms with van der Waals surface area (Å²) in [7, 11) is -0.313. The van der Waals surface area contributed by atoms with Crippen LogP contribution in [0.4, 0.5) is 0 Å². The van der Waals surface area contributed by atoms with Gasteiger partial charge in [0.2, 0.25) is 10.0 Å². The molecule has 0 aliphatic carbocycles. The molecule has 2 aromatic carbocycles. The molecule has 0 aromatic heterocycles. The van der Waals surface area contributed by atoms with E-state index in [1.807, 2.05) is 31.2 Å². The van der Waals surface area contributed by atoms with Gasteiger partial charge in [-0.3, -0.25) is 0 Å². The van der Waals surface area contributed by atoms with Gasteiger partial charge in [-0.2, -0.15) is 0 Å². The topological polar surface area (TPSA) is 64.6 Å². The Kier molecular flexibility index (Phi) is 5.63. The average Bonchev–Trinajstić information content (AvgIpc) is 2.54. The second kappa shape index (κ2) is 7.48. The van der Waals surface area contributed by atoms with Gasteiger partial charge in [-0.15, -0.1) is 0 Å². The van der Waals surface area contributed by atoms with Crippen molar-refractivity contribution in [3.63, 3.8) is 0 Å². The highest BCUT2D eigenvalue weighted by Crippen LogP contribution is 2.22. The van der Waals surface area contributed by atoms with Crippen molar-refractivity contribution in [1.82, 2.24) is 4.72 Å². The van der Waals surface area contributed by atoms with Gasteiger partial charge in [0.05, 0.1) is 20.0 Å². The molecule has 0 saturated heterocycles. The van der Waals surface area contributed by atoms with E-state index < -0.39 is 10.0 Å². The Morgan fingerprint density at radius 3 is 2.17 bits per heavy atom. The maximum absolute atomic E-state index is 12.3. The second-order valence-electron chi connectivity index (χ2n) is 5.23. The first-order chi connectivity index (χ1) is 10.9. The van der Waals surface area contributed by atoms with Crippen molar-refractivity contribution < 1.29 is 17.9 Å². The minimum Gasteiger partial charge on any atom is -0.497 e. The van der Waals surface area contributed by atoms with Crippen molar-refractivity contribution in [2.75, 3.05) is 14.2 Å². The molecule has 0 spiro atoms. The van der Waals surface area contributed by atoms with Crippen LogP contribution in [-0.4, -0.2) is 22.6 Å². The van der Waals surface area contributed by atoms with Gasteiger partial charge in [0.15, 0.2) is 0 Å². The molecule has 2 rings (SSSR count). The molecule has 6 heteroatoms. The zero-order valence-electron chi connectivity index (χ0n) is 13.5. The number of sulfonamides is 1. The number of ether oxygens (including phenoxy) is 2. The summed E-state index contributed by atoms with van der Waals surface area (Å²) in [5, 5.41) is 0. The van der Waals surface area contributed by atoms with E-state index in [1.165, 1.54) is 0 Å². The maximum Gasteiger partial charge on any atom is 0.216 e. The highest BCUT2D eigenvalue weighted by atomic mass is 32.2. The molecule has 0 bridgehead atoms. The fraction of sp³-hybridized carbons (Fsp3) is 0.294. The van der Waals surface area contributed by atoms with Crippen LogP contribution in [0.15, 0.2) is 42.5 Å². The van der Waals surface area contributed by atoms with Gasteiger partial charge in [-0.25, -0.2) is 13.1 Å². The van der Waals surface area contributed by atoms with E-state index in [1.54, 1.807) is 32.4 Å². The van der Waals surface area contributed by atoms with Gasteiger partial charge in [-0.1, -0.05) is 24.3 Å². The summed E-state index contributed by atoms with van der Waals surface area (Å²) in [6.07, 6.45) is 0. The Labute approximate surface area is 137 Å². The van der Waals surface area contributed by atoms with Crippen molar-refractivity contribution >= 4 is 10.0 Å². The molecule has 0 unspecified atom stereocenters. The van der Waals surface area contributed by atoms with E-state index in [0.717, 1.165) is 16.7 Å². The van der Waals surface area contributed by atoms with E-state index in [2.05, 4.69) is 4.72 Å². The summed E-state index contributed by atoms with van der Waals surface area (Å²) in [6, 6.07) is 12.7. The molecule has 0 saturated carbocycles. The van der Waals surface area contributed by atoms with E-state index >= 15 is 0 Å². The van der Waals surface area contributed by atoms with E-state index in [-0.39, 0.29) is 12.3 Å². The molecule has 124 valence electrons. The largest absolute Gasteiger partial charge is 0.497 e. The lowest BCUT2D eigenvalue weighted by Gasteiger charge is -2.11. The van der Waals surface area contributed by atoms with Crippen LogP contribution in [0.2, 0.25) is 0 Å². The highest BCUT2D eigenvalue weighted by molar-refractivity contribution is 7.88. The van der Waals surface area contributed by atoms with Gasteiger partial charge in [0.1, 0.15) is 11.5 Å². The summed E-state index contributed by atoms with van der Waals surface area (Å²) >= 11 is 0. The number of hydrogen-bond acceptors (Lipinski definition) is 4. The number of benzene rings is 2. The smallest absolute Gasteiger partial charge is 0.216 e. The molecular weight excluding hydrogens is 314 g/mol. The van der Waals surface area contributed by atoms with Crippen molar-refractivity contribution in [3.05, 3.63) is 59.2 Å². The van der Waals surface area contributed by atoms with Gasteiger partial charge < -0.3 is 9.47 Å². The Hall–Kier alpha value is -2.05. The fourth-order valence-corrected chi connectivity index (χ4v) is 3.41. The van der Waals surface area contributed by atoms with Crippen molar-refractivity contribution in [2.45, 2.75) is 19.2 Å². The average molecular weight is 335 g/mol. The third kappa shape index (κ3) is 4.97. The Balaban J connectivity index is 2.09. The van der Waals surface area contributed by atoms with Crippen molar-refractivity contribution in [2.24, 2.45) is 0 Å². The van der Waals surface area contributed by atoms with Gasteiger partial charge in [0.25, 0.3) is 0 Å². The standard InChI is InChI=1S/C17H21NO4S/c1-13-6-4-5-7-15(13)12-23(19,20)18-11-14-8-16(21-2)10-17(9-14)22-3/h4-10,18H,11-12H2,1-3H3. The molecule has 0 fully saturated rings. The van der Waals surface area contributed by atoms with Gasteiger partial charge in [0, 0.05) is 12.6 Å². The Bertz CT molecular complexity index is 750. The summed E-state index contributed by atoms with van der Waals surface area (Å²) in [4.78, 5) is 0. The summed E-state index contributed by atoms with van der Waals surface area (Å²) in [6.45, 7) is 2.08. The molecule has 0 aliphatic heterocycles. The zero-order valence-corrected chi connectivity index (χ0v) is 14.3. The molecule has 23 heavy (non-hydrogen) atoms. The molecular formula is C17H21NO4S. The van der Waals surface area contributed by atoms with Crippen LogP contribution >= 0.6 is 0 Å². The van der Waals surface area contributed by atoms with Gasteiger partial charge >= 0.3 is 0 Å². The SMILES string of the molecule is COc1cc(CNS(=O)(=O)Cc2ccccc2C)cc(OC)c1. The van der Waals surface area contributed by atoms with E-state index in [4.69, 9.17) is 9.47 Å². The quantitative estimate of drug-likeness (QED) is 0.845. The minimum absolute atomic E-state index is 0.0409. The van der Waals surface area contributed by atoms with Crippen LogP contribution in [0.25, 0.3) is 0 Å². The molecule has 5 nitrogen and oxygen atoms in total. The van der Waals surface area contributed by atoms with Crippen LogP contribution in [-0.2, 0) is 22.3 Å². The molecule has 0 heterocycles. The first-order valence-electron chi connectivity index (χ1n) is 7.17. The lowest BCUT2D eigenvalue weighted by Crippen LogP contribution is -2.25. The van der Waals surface area contributed by atoms with Crippen LogP contribution in [0.5, 0.6) is 11.5 Å². The van der Waals surface area contributed by atoms with Gasteiger partial charge in [-0.05, 0) is 35.7 Å². The molecule has 0 radical (unpaired) electrons. The second-order valence-corrected chi connectivity index (χ2v) is 7.03. The lowest BCUT2D eigenvalue weighted by atomic mass is 10.1. The van der Waals surface area contributed by atoms with E-state index in [9.17, 15) is 8.42 Å². The highest BCUT2D eigenvalue weighted by Gasteiger charge is 2.13. The molecule has 0 atom stereocenters. The molecule has 2 aromatic rings. The maximum atomic E-state index is 12.3. The van der Waals surface area contributed by atoms with Crippen molar-refractivity contribution in [3.8, 4) is 11.5 Å². The number of methoxy groups -OCH3 is 2. The molecule has 0 aliphatic rings. The third-order valence-corrected chi connectivity index (χ3v) is 4.79. The number of hydrogen-bond donors (Lipinski definition) is 1. The zero-order chi connectivity index (χ0) is 16.9. The van der Waals surface area contributed by atoms with Crippen LogP contribution in [0.3, 0.4) is 0 Å². The predicted octanol–water partition coefficient (Wildman–Crippen LogP) is 2.63. The first-order valence-corrected chi connectivity index (χ1v) is 8.82. The minimum atomic E-state index is -3.43. The normalized spacial score (nSPS) is 11.3. The monoisotopic (exact) mass is 335 g/mol. The summed E-state index contributed by atoms with van der Waals surface area (Å²) in [5.41, 5.74) is 2.53. The molecule has 0 amide bonds. The van der Waals surface area contributed by atoms with Crippen LogP contribution in [0.1, 0.15) is 16.7 Å². The number of nitrogens with one attached hydrogen (secondary N) is 1. The molecule has 1 N–H and O–H groups in total. The number of rotatable bonds is 7. The lowest BCUT2D eigenvalue weighted by molar-refractivity contribution is 0.393. The fourth-order valence-electron chi connectivity index (χ4n) is 2.19.